The van der Waals surface area contributed by atoms with E-state index in [9.17, 15) is 14.0 Å². The molecule has 4 rings (SSSR count). The Bertz CT molecular complexity index is 1050. The first kappa shape index (κ1) is 24.1. The molecule has 0 spiro atoms. The number of halogens is 1. The molecule has 1 saturated heterocycles. The number of amides is 2. The van der Waals surface area contributed by atoms with Crippen LogP contribution in [0.3, 0.4) is 0 Å². The number of rotatable bonds is 7. The minimum Gasteiger partial charge on any atom is -0.463 e. The lowest BCUT2D eigenvalue weighted by atomic mass is 9.95. The molecular formula is C25H29FN4O3S. The maximum Gasteiger partial charge on any atom is 0.338 e. The average Bonchev–Trinajstić information content (AvgIpc) is 2.85. The molecule has 2 aliphatic heterocycles. The number of benzene rings is 2. The Morgan fingerprint density at radius 3 is 2.38 bits per heavy atom. The molecular weight excluding hydrogens is 455 g/mol. The molecule has 1 fully saturated rings. The molecule has 0 radical (unpaired) electrons. The number of thioether (sulfide) groups is 1. The third kappa shape index (κ3) is 5.53. The van der Waals surface area contributed by atoms with Crippen LogP contribution in [-0.4, -0.2) is 62.5 Å². The van der Waals surface area contributed by atoms with E-state index in [4.69, 9.17) is 4.74 Å². The van der Waals surface area contributed by atoms with Crippen molar-refractivity contribution in [1.82, 2.24) is 15.5 Å². The summed E-state index contributed by atoms with van der Waals surface area (Å²) in [5.74, 6) is -0.686. The highest BCUT2D eigenvalue weighted by Crippen LogP contribution is 2.30. The van der Waals surface area contributed by atoms with E-state index in [0.29, 0.717) is 17.8 Å². The first-order valence-corrected chi connectivity index (χ1v) is 12.6. The summed E-state index contributed by atoms with van der Waals surface area (Å²) in [6.07, 6.45) is 2.00. The zero-order valence-corrected chi connectivity index (χ0v) is 20.2. The minimum absolute atomic E-state index is 0.248. The largest absolute Gasteiger partial charge is 0.463 e. The predicted molar refractivity (Wildman–Crippen MR) is 131 cm³/mol. The molecule has 0 unspecified atom stereocenters. The molecule has 2 aromatic carbocycles. The molecule has 34 heavy (non-hydrogen) atoms. The van der Waals surface area contributed by atoms with Gasteiger partial charge in [-0.1, -0.05) is 12.1 Å². The van der Waals surface area contributed by atoms with Gasteiger partial charge in [-0.3, -0.25) is 4.90 Å². The molecule has 0 aliphatic carbocycles. The van der Waals surface area contributed by atoms with E-state index in [2.05, 4.69) is 20.4 Å². The molecule has 2 heterocycles. The van der Waals surface area contributed by atoms with Gasteiger partial charge in [-0.15, -0.1) is 11.8 Å². The fraction of sp³-hybridized carbons (Fsp3) is 0.360. The van der Waals surface area contributed by atoms with E-state index in [1.165, 1.54) is 12.1 Å². The van der Waals surface area contributed by atoms with Crippen LogP contribution < -0.4 is 15.5 Å². The summed E-state index contributed by atoms with van der Waals surface area (Å²) in [7, 11) is 0. The second-order valence-corrected chi connectivity index (χ2v) is 9.04. The Morgan fingerprint density at radius 1 is 1.09 bits per heavy atom. The summed E-state index contributed by atoms with van der Waals surface area (Å²) < 4.78 is 18.6. The number of anilines is 1. The van der Waals surface area contributed by atoms with Crippen molar-refractivity contribution in [2.24, 2.45) is 0 Å². The zero-order valence-electron chi connectivity index (χ0n) is 19.3. The van der Waals surface area contributed by atoms with Crippen LogP contribution in [0.1, 0.15) is 18.5 Å². The normalized spacial score (nSPS) is 19.0. The van der Waals surface area contributed by atoms with Crippen molar-refractivity contribution in [2.45, 2.75) is 17.9 Å². The fourth-order valence-corrected chi connectivity index (χ4v) is 4.69. The van der Waals surface area contributed by atoms with Crippen molar-refractivity contribution in [2.75, 3.05) is 50.5 Å². The predicted octanol–water partition coefficient (Wildman–Crippen LogP) is 3.54. The van der Waals surface area contributed by atoms with Gasteiger partial charge in [0.1, 0.15) is 5.82 Å². The van der Waals surface area contributed by atoms with Gasteiger partial charge in [0.2, 0.25) is 0 Å². The zero-order chi connectivity index (χ0) is 24.1. The van der Waals surface area contributed by atoms with Crippen LogP contribution in [-0.2, 0) is 9.53 Å². The van der Waals surface area contributed by atoms with E-state index in [1.807, 2.05) is 30.5 Å². The summed E-state index contributed by atoms with van der Waals surface area (Å²) >= 11 is 1.63. The number of piperazine rings is 1. The highest BCUT2D eigenvalue weighted by Gasteiger charge is 2.34. The van der Waals surface area contributed by atoms with Gasteiger partial charge in [0.05, 0.1) is 18.2 Å². The Hall–Kier alpha value is -3.04. The number of esters is 1. The van der Waals surface area contributed by atoms with Crippen LogP contribution in [0.2, 0.25) is 0 Å². The number of carbonyl (C=O) groups excluding carboxylic acids is 2. The minimum atomic E-state index is -0.584. The van der Waals surface area contributed by atoms with E-state index in [1.54, 1.807) is 30.8 Å². The lowest BCUT2D eigenvalue weighted by Gasteiger charge is -2.38. The summed E-state index contributed by atoms with van der Waals surface area (Å²) in [6, 6.07) is 13.4. The molecule has 7 nitrogen and oxygen atoms in total. The van der Waals surface area contributed by atoms with Crippen LogP contribution in [0.15, 0.2) is 64.7 Å². The van der Waals surface area contributed by atoms with Crippen LogP contribution >= 0.6 is 11.8 Å². The van der Waals surface area contributed by atoms with Crippen LogP contribution in [0.4, 0.5) is 14.9 Å². The smallest absolute Gasteiger partial charge is 0.338 e. The lowest BCUT2D eigenvalue weighted by Crippen LogP contribution is -2.51. The molecule has 2 amide bonds. The Kier molecular flexibility index (Phi) is 7.74. The van der Waals surface area contributed by atoms with Crippen molar-refractivity contribution < 1.29 is 18.7 Å². The number of urea groups is 1. The summed E-state index contributed by atoms with van der Waals surface area (Å²) in [4.78, 5) is 31.0. The Balaban J connectivity index is 1.54. The molecule has 2 N–H and O–H groups in total. The molecule has 2 aliphatic rings. The first-order chi connectivity index (χ1) is 16.5. The van der Waals surface area contributed by atoms with Gasteiger partial charge in [-0.2, -0.15) is 0 Å². The van der Waals surface area contributed by atoms with Crippen LogP contribution in [0.5, 0.6) is 0 Å². The number of nitrogens with zero attached hydrogens (tertiary/aromatic N) is 2. The maximum atomic E-state index is 13.2. The molecule has 0 saturated carbocycles. The van der Waals surface area contributed by atoms with Gasteiger partial charge in [0.15, 0.2) is 0 Å². The van der Waals surface area contributed by atoms with Crippen molar-refractivity contribution in [3.63, 3.8) is 0 Å². The maximum absolute atomic E-state index is 13.2. The van der Waals surface area contributed by atoms with E-state index >= 15 is 0 Å². The molecule has 2 aromatic rings. The van der Waals surface area contributed by atoms with Gasteiger partial charge < -0.3 is 20.3 Å². The molecule has 1 atom stereocenters. The highest BCUT2D eigenvalue weighted by molar-refractivity contribution is 7.98. The SMILES string of the molecule is CCOC(=O)C1=C(CN2CCN(c3ccc(F)cc3)CC2)NC(=O)N[C@H]1c1ccc(SC)cc1. The summed E-state index contributed by atoms with van der Waals surface area (Å²) in [5, 5.41) is 5.74. The van der Waals surface area contributed by atoms with Crippen LogP contribution in [0.25, 0.3) is 0 Å². The van der Waals surface area contributed by atoms with E-state index in [-0.39, 0.29) is 18.5 Å². The molecule has 0 aromatic heterocycles. The topological polar surface area (TPSA) is 73.9 Å². The number of hydrogen-bond donors (Lipinski definition) is 2. The number of ether oxygens (including phenoxy) is 1. The Labute approximate surface area is 203 Å². The van der Waals surface area contributed by atoms with Crippen molar-refractivity contribution in [3.05, 3.63) is 71.2 Å². The second-order valence-electron chi connectivity index (χ2n) is 8.16. The third-order valence-electron chi connectivity index (χ3n) is 6.04. The van der Waals surface area contributed by atoms with Crippen molar-refractivity contribution in [1.29, 1.82) is 0 Å². The standard InChI is InChI=1S/C25H29FN4O3S/c1-3-33-24(31)22-21(27-25(32)28-23(22)17-4-10-20(34-2)11-5-17)16-29-12-14-30(15-13-29)19-8-6-18(26)7-9-19/h4-11,23H,3,12-16H2,1-2H3,(H2,27,28,32)/t23-/m0/s1. The van der Waals surface area contributed by atoms with Gasteiger partial charge in [-0.25, -0.2) is 14.0 Å². The van der Waals surface area contributed by atoms with Gasteiger partial charge in [-0.05, 0) is 55.1 Å². The summed E-state index contributed by atoms with van der Waals surface area (Å²) in [6.45, 7) is 5.46. The fourth-order valence-electron chi connectivity index (χ4n) is 4.28. The van der Waals surface area contributed by atoms with Crippen LogP contribution in [0, 0.1) is 5.82 Å². The quantitative estimate of drug-likeness (QED) is 0.463. The highest BCUT2D eigenvalue weighted by atomic mass is 32.2. The summed E-state index contributed by atoms with van der Waals surface area (Å²) in [5.41, 5.74) is 2.81. The average molecular weight is 485 g/mol. The lowest BCUT2D eigenvalue weighted by molar-refractivity contribution is -0.139. The van der Waals surface area contributed by atoms with E-state index in [0.717, 1.165) is 42.3 Å². The number of carbonyl (C=O) groups is 2. The van der Waals surface area contributed by atoms with Crippen molar-refractivity contribution >= 4 is 29.4 Å². The van der Waals surface area contributed by atoms with Gasteiger partial charge in [0, 0.05) is 49.0 Å². The molecule has 9 heteroatoms. The number of nitrogens with one attached hydrogen (secondary N) is 2. The monoisotopic (exact) mass is 484 g/mol. The van der Waals surface area contributed by atoms with Gasteiger partial charge in [0.25, 0.3) is 0 Å². The first-order valence-electron chi connectivity index (χ1n) is 11.3. The second kappa shape index (κ2) is 10.9. The molecule has 0 bridgehead atoms. The molecule has 180 valence electrons. The van der Waals surface area contributed by atoms with E-state index < -0.39 is 12.0 Å². The Morgan fingerprint density at radius 2 is 1.76 bits per heavy atom. The van der Waals surface area contributed by atoms with Gasteiger partial charge >= 0.3 is 12.0 Å². The third-order valence-corrected chi connectivity index (χ3v) is 6.79. The van der Waals surface area contributed by atoms with Crippen molar-refractivity contribution in [3.8, 4) is 0 Å². The number of hydrogen-bond acceptors (Lipinski definition) is 6.